The van der Waals surface area contributed by atoms with Crippen LogP contribution in [0.15, 0.2) is 36.7 Å². The Balaban J connectivity index is 2.75. The lowest BCUT2D eigenvalue weighted by Gasteiger charge is -2.26. The fraction of sp³-hybridized carbons (Fsp3) is 0.471. The zero-order valence-electron chi connectivity index (χ0n) is 14.9. The second-order valence-electron chi connectivity index (χ2n) is 6.92. The van der Waals surface area contributed by atoms with E-state index in [1.54, 1.807) is 52.1 Å². The van der Waals surface area contributed by atoms with Crippen molar-refractivity contribution < 1.29 is 16.8 Å². The Labute approximate surface area is 150 Å². The number of benzene rings is 1. The van der Waals surface area contributed by atoms with Crippen molar-refractivity contribution in [2.45, 2.75) is 27.7 Å². The summed E-state index contributed by atoms with van der Waals surface area (Å²) in [4.78, 5) is 4.02. The summed E-state index contributed by atoms with van der Waals surface area (Å²) in [6.07, 6.45) is 3.11. The number of aromatic nitrogens is 1. The number of nitrogens with zero attached hydrogens (tertiary/aromatic N) is 2. The summed E-state index contributed by atoms with van der Waals surface area (Å²) in [6.45, 7) is 6.99. The van der Waals surface area contributed by atoms with Crippen molar-refractivity contribution in [1.82, 2.24) is 4.98 Å². The van der Waals surface area contributed by atoms with Gasteiger partial charge in [-0.05, 0) is 24.0 Å². The van der Waals surface area contributed by atoms with Gasteiger partial charge in [0.15, 0.2) is 0 Å². The second kappa shape index (κ2) is 7.29. The molecule has 0 aliphatic rings. The lowest BCUT2D eigenvalue weighted by molar-refractivity contribution is 0.570. The van der Waals surface area contributed by atoms with Gasteiger partial charge in [0.2, 0.25) is 20.0 Å². The molecular formula is C17H24N2O4S2. The van der Waals surface area contributed by atoms with Crippen LogP contribution in [0.1, 0.15) is 27.7 Å². The Morgan fingerprint density at radius 1 is 0.920 bits per heavy atom. The van der Waals surface area contributed by atoms with Crippen LogP contribution in [-0.2, 0) is 20.0 Å². The molecule has 1 aromatic heterocycles. The third-order valence-electron chi connectivity index (χ3n) is 3.45. The molecule has 0 unspecified atom stereocenters. The summed E-state index contributed by atoms with van der Waals surface area (Å²) in [6, 6.07) is 6.57. The number of hydrogen-bond acceptors (Lipinski definition) is 5. The predicted molar refractivity (Wildman–Crippen MR) is 101 cm³/mol. The molecule has 2 rings (SSSR count). The highest BCUT2D eigenvalue weighted by Gasteiger charge is 2.35. The summed E-state index contributed by atoms with van der Waals surface area (Å²) in [5, 5.41) is 1.22. The Morgan fingerprint density at radius 2 is 1.48 bits per heavy atom. The number of fused-ring (bicyclic) bond motifs is 1. The van der Waals surface area contributed by atoms with E-state index in [0.29, 0.717) is 14.5 Å². The zero-order chi connectivity index (χ0) is 18.8. The van der Waals surface area contributed by atoms with E-state index in [-0.39, 0.29) is 29.0 Å². The van der Waals surface area contributed by atoms with Crippen molar-refractivity contribution in [3.8, 4) is 0 Å². The first-order valence-electron chi connectivity index (χ1n) is 8.13. The summed E-state index contributed by atoms with van der Waals surface area (Å²) in [5.74, 6) is -0.880. The van der Waals surface area contributed by atoms with Gasteiger partial charge >= 0.3 is 0 Å². The molecule has 0 spiro atoms. The summed E-state index contributed by atoms with van der Waals surface area (Å²) >= 11 is 0. The van der Waals surface area contributed by atoms with Crippen molar-refractivity contribution >= 4 is 36.5 Å². The molecule has 138 valence electrons. The van der Waals surface area contributed by atoms with E-state index in [9.17, 15) is 16.8 Å². The van der Waals surface area contributed by atoms with Crippen LogP contribution in [0.25, 0.3) is 10.8 Å². The highest BCUT2D eigenvalue weighted by molar-refractivity contribution is 8.10. The molecule has 1 heterocycles. The van der Waals surface area contributed by atoms with Gasteiger partial charge in [0, 0.05) is 23.2 Å². The van der Waals surface area contributed by atoms with Gasteiger partial charge in [0.1, 0.15) is 0 Å². The van der Waals surface area contributed by atoms with Gasteiger partial charge in [-0.3, -0.25) is 4.98 Å². The van der Waals surface area contributed by atoms with E-state index in [1.165, 1.54) is 12.3 Å². The van der Waals surface area contributed by atoms with Crippen LogP contribution in [0.2, 0.25) is 0 Å². The molecule has 0 saturated carbocycles. The fourth-order valence-electron chi connectivity index (χ4n) is 2.72. The maximum atomic E-state index is 12.9. The highest BCUT2D eigenvalue weighted by atomic mass is 32.3. The first-order chi connectivity index (χ1) is 11.5. The number of rotatable bonds is 7. The molecule has 0 bridgehead atoms. The van der Waals surface area contributed by atoms with Crippen molar-refractivity contribution in [3.05, 3.63) is 36.7 Å². The Morgan fingerprint density at radius 3 is 2.00 bits per heavy atom. The maximum absolute atomic E-state index is 12.9. The van der Waals surface area contributed by atoms with E-state index in [0.717, 1.165) is 0 Å². The summed E-state index contributed by atoms with van der Waals surface area (Å²) < 4.78 is 52.4. The largest absolute Gasteiger partial charge is 0.264 e. The average molecular weight is 385 g/mol. The van der Waals surface area contributed by atoms with E-state index >= 15 is 0 Å². The monoisotopic (exact) mass is 384 g/mol. The molecule has 0 atom stereocenters. The van der Waals surface area contributed by atoms with Crippen molar-refractivity contribution in [2.24, 2.45) is 11.8 Å². The van der Waals surface area contributed by atoms with Gasteiger partial charge in [-0.1, -0.05) is 39.8 Å². The third kappa shape index (κ3) is 4.49. The van der Waals surface area contributed by atoms with Crippen molar-refractivity contribution in [3.63, 3.8) is 0 Å². The predicted octanol–water partition coefficient (Wildman–Crippen LogP) is 3.01. The molecule has 0 saturated heterocycles. The van der Waals surface area contributed by atoms with Crippen LogP contribution in [0, 0.1) is 11.8 Å². The van der Waals surface area contributed by atoms with Gasteiger partial charge in [-0.2, -0.15) is 3.71 Å². The molecule has 8 heteroatoms. The zero-order valence-corrected chi connectivity index (χ0v) is 16.5. The Bertz CT molecular complexity index is 906. The van der Waals surface area contributed by atoms with Crippen molar-refractivity contribution in [2.75, 3.05) is 15.2 Å². The molecule has 1 aromatic carbocycles. The van der Waals surface area contributed by atoms with Crippen molar-refractivity contribution in [1.29, 1.82) is 0 Å². The van der Waals surface area contributed by atoms with Gasteiger partial charge in [-0.15, -0.1) is 0 Å². The van der Waals surface area contributed by atoms with E-state index in [1.807, 2.05) is 0 Å². The number of anilines is 1. The van der Waals surface area contributed by atoms with E-state index in [2.05, 4.69) is 4.98 Å². The second-order valence-corrected chi connectivity index (χ2v) is 10.9. The molecular weight excluding hydrogens is 360 g/mol. The van der Waals surface area contributed by atoms with Gasteiger partial charge in [-0.25, -0.2) is 16.8 Å². The van der Waals surface area contributed by atoms with Crippen LogP contribution in [-0.4, -0.2) is 33.3 Å². The standard InChI is InChI=1S/C17H24N2O4S2/c1-13(2)11-24(20,21)19(25(22,23)12-14(3)4)17-7-5-6-15-10-18-9-8-16(15)17/h5-10,13-14H,11-12H2,1-4H3. The number of hydrogen-bond donors (Lipinski definition) is 0. The van der Waals surface area contributed by atoms with Gasteiger partial charge in [0.05, 0.1) is 17.2 Å². The molecule has 0 N–H and O–H groups in total. The Kier molecular flexibility index (Phi) is 5.73. The highest BCUT2D eigenvalue weighted by Crippen LogP contribution is 2.32. The minimum atomic E-state index is -4.04. The minimum Gasteiger partial charge on any atom is -0.264 e. The SMILES string of the molecule is CC(C)CS(=O)(=O)N(c1cccc2cnccc12)S(=O)(=O)CC(C)C. The molecule has 0 fully saturated rings. The molecule has 0 amide bonds. The maximum Gasteiger partial charge on any atom is 0.248 e. The molecule has 6 nitrogen and oxygen atoms in total. The fourth-order valence-corrected chi connectivity index (χ4v) is 7.34. The quantitative estimate of drug-likeness (QED) is 0.732. The van der Waals surface area contributed by atoms with Crippen LogP contribution in [0.3, 0.4) is 0 Å². The van der Waals surface area contributed by atoms with E-state index in [4.69, 9.17) is 0 Å². The van der Waals surface area contributed by atoms with Crippen LogP contribution in [0.4, 0.5) is 5.69 Å². The molecule has 0 aliphatic heterocycles. The smallest absolute Gasteiger partial charge is 0.248 e. The summed E-state index contributed by atoms with van der Waals surface area (Å²) in [5.41, 5.74) is 0.154. The molecule has 0 radical (unpaired) electrons. The third-order valence-corrected chi connectivity index (χ3v) is 8.39. The lowest BCUT2D eigenvalue weighted by Crippen LogP contribution is -2.41. The summed E-state index contributed by atoms with van der Waals surface area (Å²) in [7, 11) is -8.09. The van der Waals surface area contributed by atoms with E-state index < -0.39 is 20.0 Å². The minimum absolute atomic E-state index is 0.154. The normalized spacial score (nSPS) is 12.9. The number of pyridine rings is 1. The lowest BCUT2D eigenvalue weighted by atomic mass is 10.1. The first-order valence-corrected chi connectivity index (χ1v) is 11.3. The molecule has 2 aromatic rings. The molecule has 0 aliphatic carbocycles. The first kappa shape index (κ1) is 19.7. The average Bonchev–Trinajstić information content (AvgIpc) is 2.44. The van der Waals surface area contributed by atoms with Crippen LogP contribution < -0.4 is 3.71 Å². The van der Waals surface area contributed by atoms with Crippen LogP contribution >= 0.6 is 0 Å². The molecule has 25 heavy (non-hydrogen) atoms. The number of sulfonamides is 2. The van der Waals surface area contributed by atoms with Gasteiger partial charge < -0.3 is 0 Å². The topological polar surface area (TPSA) is 84.4 Å². The van der Waals surface area contributed by atoms with Gasteiger partial charge in [0.25, 0.3) is 0 Å². The van der Waals surface area contributed by atoms with Crippen LogP contribution in [0.5, 0.6) is 0 Å². The Hall–Kier alpha value is -1.67.